The molecule has 1 aromatic carbocycles. The van der Waals surface area contributed by atoms with Crippen LogP contribution < -0.4 is 5.73 Å². The number of halogens is 1. The predicted molar refractivity (Wildman–Crippen MR) is 139 cm³/mol. The molecular weight excluding hydrogens is 473 g/mol. The van der Waals surface area contributed by atoms with Crippen molar-refractivity contribution in [1.29, 1.82) is 0 Å². The van der Waals surface area contributed by atoms with Gasteiger partial charge in [-0.05, 0) is 67.9 Å². The van der Waals surface area contributed by atoms with Crippen LogP contribution in [0.5, 0.6) is 0 Å². The number of nitrogens with two attached hydrogens (primary N) is 1. The van der Waals surface area contributed by atoms with E-state index >= 15 is 0 Å². The van der Waals surface area contributed by atoms with Crippen LogP contribution in [0, 0.1) is 12.7 Å². The molecule has 194 valence electrons. The van der Waals surface area contributed by atoms with Gasteiger partial charge in [0.15, 0.2) is 6.29 Å². The molecule has 2 aliphatic rings. The average molecular weight is 506 g/mol. The van der Waals surface area contributed by atoms with Gasteiger partial charge in [-0.25, -0.2) is 14.4 Å². The van der Waals surface area contributed by atoms with E-state index < -0.39 is 0 Å². The number of ether oxygens (including phenoxy) is 2. The highest BCUT2D eigenvalue weighted by Crippen LogP contribution is 2.38. The zero-order valence-electron chi connectivity index (χ0n) is 21.0. The first kappa shape index (κ1) is 25.2. The minimum Gasteiger partial charge on any atom is -0.395 e. The smallest absolute Gasteiger partial charge is 0.220 e. The van der Waals surface area contributed by atoms with Crippen LogP contribution in [-0.4, -0.2) is 46.8 Å². The van der Waals surface area contributed by atoms with Gasteiger partial charge >= 0.3 is 0 Å². The summed E-state index contributed by atoms with van der Waals surface area (Å²) < 4.78 is 25.7. The summed E-state index contributed by atoms with van der Waals surface area (Å²) >= 11 is 0. The number of nitrogens with zero attached hydrogens (tertiary/aromatic N) is 4. The number of oxime groups is 1. The Hall–Kier alpha value is -3.43. The molecule has 1 aliphatic carbocycles. The highest BCUT2D eigenvalue weighted by Gasteiger charge is 2.30. The SMILES string of the molecule is Cc1nc(N)nc2c1C(=NOCCCOC1CCCCO1)CC(c1ccc(F)cc1-c1cccnc1)C2. The van der Waals surface area contributed by atoms with E-state index in [-0.39, 0.29) is 24.0 Å². The van der Waals surface area contributed by atoms with Crippen LogP contribution in [0.3, 0.4) is 0 Å². The Morgan fingerprint density at radius 2 is 2.08 bits per heavy atom. The second-order valence-electron chi connectivity index (χ2n) is 9.46. The van der Waals surface area contributed by atoms with Crippen molar-refractivity contribution in [2.75, 3.05) is 25.6 Å². The quantitative estimate of drug-likeness (QED) is 0.341. The zero-order chi connectivity index (χ0) is 25.6. The first-order valence-electron chi connectivity index (χ1n) is 12.8. The summed E-state index contributed by atoms with van der Waals surface area (Å²) in [7, 11) is 0. The molecule has 2 unspecified atom stereocenters. The Bertz CT molecular complexity index is 1250. The van der Waals surface area contributed by atoms with Gasteiger partial charge < -0.3 is 20.0 Å². The standard InChI is InChI=1S/C28H32FN5O3/c1-18-27-24(33-28(30)32-18)14-20(22-9-8-21(29)16-23(22)19-6-4-10-31-17-19)15-25(27)34-37-13-5-12-36-26-7-2-3-11-35-26/h4,6,8-10,16-17,20,26H,2-3,5,7,11-15H2,1H3,(H2,30,32,33). The Morgan fingerprint density at radius 1 is 1.16 bits per heavy atom. The summed E-state index contributed by atoms with van der Waals surface area (Å²) in [5, 5.41) is 4.52. The van der Waals surface area contributed by atoms with Gasteiger partial charge in [0, 0.05) is 43.0 Å². The van der Waals surface area contributed by atoms with E-state index in [0.29, 0.717) is 32.5 Å². The van der Waals surface area contributed by atoms with Gasteiger partial charge in [0.2, 0.25) is 5.95 Å². The fourth-order valence-corrected chi connectivity index (χ4v) is 5.08. The van der Waals surface area contributed by atoms with E-state index in [1.54, 1.807) is 18.5 Å². The first-order valence-corrected chi connectivity index (χ1v) is 12.8. The van der Waals surface area contributed by atoms with Crippen LogP contribution in [0.15, 0.2) is 47.9 Å². The molecule has 3 aromatic rings. The number of aryl methyl sites for hydroxylation is 1. The molecule has 1 fully saturated rings. The minimum atomic E-state index is -0.292. The summed E-state index contributed by atoms with van der Waals surface area (Å²) in [6.45, 7) is 3.64. The number of rotatable bonds is 8. The van der Waals surface area contributed by atoms with Gasteiger partial charge in [-0.2, -0.15) is 0 Å². The average Bonchev–Trinajstić information content (AvgIpc) is 2.91. The molecule has 9 heteroatoms. The summed E-state index contributed by atoms with van der Waals surface area (Å²) in [4.78, 5) is 18.9. The van der Waals surface area contributed by atoms with Gasteiger partial charge in [0.25, 0.3) is 0 Å². The number of hydrogen-bond donors (Lipinski definition) is 1. The third-order valence-electron chi connectivity index (χ3n) is 6.77. The van der Waals surface area contributed by atoms with E-state index in [2.05, 4.69) is 20.1 Å². The lowest BCUT2D eigenvalue weighted by Crippen LogP contribution is -2.24. The maximum atomic E-state index is 14.3. The van der Waals surface area contributed by atoms with Crippen molar-refractivity contribution in [3.8, 4) is 11.1 Å². The normalized spacial score (nSPS) is 20.5. The van der Waals surface area contributed by atoms with Crippen molar-refractivity contribution in [2.45, 2.75) is 57.7 Å². The molecule has 1 saturated heterocycles. The molecule has 0 amide bonds. The second-order valence-corrected chi connectivity index (χ2v) is 9.46. The molecule has 5 rings (SSSR count). The van der Waals surface area contributed by atoms with E-state index in [0.717, 1.165) is 65.2 Å². The van der Waals surface area contributed by atoms with Crippen molar-refractivity contribution < 1.29 is 18.7 Å². The van der Waals surface area contributed by atoms with E-state index in [4.69, 9.17) is 20.0 Å². The van der Waals surface area contributed by atoms with Crippen LogP contribution in [-0.2, 0) is 20.7 Å². The molecular formula is C28H32FN5O3. The van der Waals surface area contributed by atoms with Crippen LogP contribution in [0.25, 0.3) is 11.1 Å². The summed E-state index contributed by atoms with van der Waals surface area (Å²) in [5.74, 6) is -0.0590. The molecule has 2 atom stereocenters. The predicted octanol–water partition coefficient (Wildman–Crippen LogP) is 4.95. The molecule has 0 radical (unpaired) electrons. The molecule has 0 saturated carbocycles. The number of aromatic nitrogens is 3. The third kappa shape index (κ3) is 6.11. The van der Waals surface area contributed by atoms with Crippen LogP contribution in [0.4, 0.5) is 10.3 Å². The lowest BCUT2D eigenvalue weighted by atomic mass is 9.78. The molecule has 37 heavy (non-hydrogen) atoms. The Labute approximate surface area is 216 Å². The van der Waals surface area contributed by atoms with E-state index in [1.165, 1.54) is 6.07 Å². The molecule has 3 heterocycles. The topological polar surface area (TPSA) is 105 Å². The fraction of sp³-hybridized carbons (Fsp3) is 0.429. The number of nitrogen functional groups attached to an aromatic ring is 1. The lowest BCUT2D eigenvalue weighted by Gasteiger charge is -2.28. The summed E-state index contributed by atoms with van der Waals surface area (Å²) in [5.41, 5.74) is 11.9. The summed E-state index contributed by atoms with van der Waals surface area (Å²) in [6.07, 6.45) is 8.46. The van der Waals surface area contributed by atoms with Crippen LogP contribution in [0.2, 0.25) is 0 Å². The third-order valence-corrected chi connectivity index (χ3v) is 6.77. The van der Waals surface area contributed by atoms with Gasteiger partial charge in [-0.3, -0.25) is 4.98 Å². The maximum absolute atomic E-state index is 14.3. The summed E-state index contributed by atoms with van der Waals surface area (Å²) in [6, 6.07) is 8.68. The Kier molecular flexibility index (Phi) is 8.01. The maximum Gasteiger partial charge on any atom is 0.220 e. The molecule has 2 N–H and O–H groups in total. The van der Waals surface area contributed by atoms with Crippen molar-refractivity contribution in [2.24, 2.45) is 5.16 Å². The number of hydrogen-bond acceptors (Lipinski definition) is 8. The molecule has 0 bridgehead atoms. The second kappa shape index (κ2) is 11.7. The lowest BCUT2D eigenvalue weighted by molar-refractivity contribution is -0.164. The molecule has 8 nitrogen and oxygen atoms in total. The van der Waals surface area contributed by atoms with Gasteiger partial charge in [-0.1, -0.05) is 17.3 Å². The van der Waals surface area contributed by atoms with Crippen LogP contribution in [0.1, 0.15) is 60.5 Å². The number of benzene rings is 1. The Morgan fingerprint density at radius 3 is 2.89 bits per heavy atom. The number of pyridine rings is 1. The van der Waals surface area contributed by atoms with Crippen molar-refractivity contribution >= 4 is 11.7 Å². The fourth-order valence-electron chi connectivity index (χ4n) is 5.08. The van der Waals surface area contributed by atoms with Crippen LogP contribution >= 0.6 is 0 Å². The first-order chi connectivity index (χ1) is 18.1. The molecule has 2 aromatic heterocycles. The largest absolute Gasteiger partial charge is 0.395 e. The van der Waals surface area contributed by atoms with Gasteiger partial charge in [0.1, 0.15) is 12.4 Å². The minimum absolute atomic E-state index is 0.00568. The zero-order valence-corrected chi connectivity index (χ0v) is 21.0. The van der Waals surface area contributed by atoms with Gasteiger partial charge in [-0.15, -0.1) is 0 Å². The Balaban J connectivity index is 1.35. The number of fused-ring (bicyclic) bond motifs is 1. The van der Waals surface area contributed by atoms with Crippen molar-refractivity contribution in [3.05, 3.63) is 71.1 Å². The monoisotopic (exact) mass is 505 g/mol. The van der Waals surface area contributed by atoms with E-state index in [9.17, 15) is 4.39 Å². The highest BCUT2D eigenvalue weighted by molar-refractivity contribution is 6.03. The number of anilines is 1. The van der Waals surface area contributed by atoms with E-state index in [1.807, 2.05) is 25.1 Å². The highest BCUT2D eigenvalue weighted by atomic mass is 19.1. The molecule has 0 spiro atoms. The van der Waals surface area contributed by atoms with Crippen molar-refractivity contribution in [3.63, 3.8) is 0 Å². The molecule has 1 aliphatic heterocycles. The van der Waals surface area contributed by atoms with Gasteiger partial charge in [0.05, 0.1) is 23.7 Å². The van der Waals surface area contributed by atoms with Crippen molar-refractivity contribution in [1.82, 2.24) is 15.0 Å².